The van der Waals surface area contributed by atoms with Crippen molar-refractivity contribution in [1.29, 1.82) is 0 Å². The minimum Gasteiger partial charge on any atom is -0.496 e. The number of methoxy groups -OCH3 is 2. The van der Waals surface area contributed by atoms with Crippen molar-refractivity contribution in [2.45, 2.75) is 6.61 Å². The van der Waals surface area contributed by atoms with Crippen LogP contribution in [0.3, 0.4) is 0 Å². The maximum atomic E-state index is 12.8. The van der Waals surface area contributed by atoms with Crippen molar-refractivity contribution in [3.63, 3.8) is 0 Å². The molecule has 0 aliphatic carbocycles. The zero-order valence-corrected chi connectivity index (χ0v) is 18.0. The molecule has 0 atom stereocenters. The Morgan fingerprint density at radius 2 is 1.62 bits per heavy atom. The summed E-state index contributed by atoms with van der Waals surface area (Å²) >= 11 is 0. The monoisotopic (exact) mass is 468 g/mol. The number of fused-ring (bicyclic) bond motifs is 1. The van der Waals surface area contributed by atoms with E-state index in [1.165, 1.54) is 56.7 Å². The molecular formula is C25H18F2O7. The summed E-state index contributed by atoms with van der Waals surface area (Å²) in [4.78, 5) is 25.5. The fraction of sp³-hybridized carbons (Fsp3) is 0.120. The van der Waals surface area contributed by atoms with Gasteiger partial charge in [0, 0.05) is 11.6 Å². The van der Waals surface area contributed by atoms with Crippen molar-refractivity contribution < 1.29 is 42.1 Å². The van der Waals surface area contributed by atoms with Crippen molar-refractivity contribution in [2.24, 2.45) is 0 Å². The van der Waals surface area contributed by atoms with Crippen LogP contribution in [0.2, 0.25) is 0 Å². The second-order valence-electron chi connectivity index (χ2n) is 6.94. The molecule has 1 aliphatic rings. The molecule has 0 unspecified atom stereocenters. The smallest absolute Gasteiger partial charge is 0.387 e. The fourth-order valence-corrected chi connectivity index (χ4v) is 3.39. The maximum Gasteiger partial charge on any atom is 0.387 e. The average molecular weight is 468 g/mol. The zero-order chi connectivity index (χ0) is 24.2. The Morgan fingerprint density at radius 3 is 2.29 bits per heavy atom. The molecule has 0 aromatic heterocycles. The number of para-hydroxylation sites is 1. The molecule has 0 spiro atoms. The number of Topliss-reactive ketones (excluding diaryl/α,β-unsaturated/α-hetero) is 1. The summed E-state index contributed by atoms with van der Waals surface area (Å²) in [6, 6.07) is 15.1. The quantitative estimate of drug-likeness (QED) is 0.270. The number of esters is 1. The lowest BCUT2D eigenvalue weighted by Gasteiger charge is -2.12. The lowest BCUT2D eigenvalue weighted by atomic mass is 10.1. The van der Waals surface area contributed by atoms with Crippen LogP contribution in [0.5, 0.6) is 28.7 Å². The number of ketones is 1. The van der Waals surface area contributed by atoms with Crippen LogP contribution in [-0.4, -0.2) is 32.6 Å². The number of hydrogen-bond acceptors (Lipinski definition) is 7. The van der Waals surface area contributed by atoms with E-state index in [-0.39, 0.29) is 51.2 Å². The molecule has 1 heterocycles. The summed E-state index contributed by atoms with van der Waals surface area (Å²) in [5.74, 6) is -0.557. The van der Waals surface area contributed by atoms with E-state index < -0.39 is 18.4 Å². The first-order valence-electron chi connectivity index (χ1n) is 9.96. The van der Waals surface area contributed by atoms with Crippen LogP contribution >= 0.6 is 0 Å². The number of rotatable bonds is 7. The van der Waals surface area contributed by atoms with Gasteiger partial charge in [-0.3, -0.25) is 4.79 Å². The molecule has 34 heavy (non-hydrogen) atoms. The third-order valence-corrected chi connectivity index (χ3v) is 4.91. The molecule has 0 saturated carbocycles. The van der Waals surface area contributed by atoms with Gasteiger partial charge in [-0.05, 0) is 36.4 Å². The predicted molar refractivity (Wildman–Crippen MR) is 117 cm³/mol. The number of ether oxygens (including phenoxy) is 5. The predicted octanol–water partition coefficient (Wildman–Crippen LogP) is 5.14. The third-order valence-electron chi connectivity index (χ3n) is 4.91. The minimum absolute atomic E-state index is 0.0878. The summed E-state index contributed by atoms with van der Waals surface area (Å²) in [7, 11) is 2.83. The van der Waals surface area contributed by atoms with Gasteiger partial charge < -0.3 is 23.7 Å². The molecule has 0 bridgehead atoms. The molecule has 3 aromatic carbocycles. The van der Waals surface area contributed by atoms with E-state index in [4.69, 9.17) is 18.9 Å². The molecule has 0 N–H and O–H groups in total. The fourth-order valence-electron chi connectivity index (χ4n) is 3.39. The summed E-state index contributed by atoms with van der Waals surface area (Å²) in [5.41, 5.74) is 0.572. The highest BCUT2D eigenvalue weighted by Crippen LogP contribution is 2.37. The Labute approximate surface area is 193 Å². The van der Waals surface area contributed by atoms with Gasteiger partial charge in [-0.15, -0.1) is 0 Å². The lowest BCUT2D eigenvalue weighted by Crippen LogP contribution is -2.12. The van der Waals surface area contributed by atoms with E-state index in [2.05, 4.69) is 4.74 Å². The molecule has 1 aliphatic heterocycles. The molecule has 3 aromatic rings. The van der Waals surface area contributed by atoms with E-state index in [0.717, 1.165) is 0 Å². The van der Waals surface area contributed by atoms with Gasteiger partial charge in [-0.25, -0.2) is 4.79 Å². The number of alkyl halides is 2. The number of halogens is 2. The third kappa shape index (κ3) is 4.54. The molecule has 9 heteroatoms. The van der Waals surface area contributed by atoms with E-state index in [0.29, 0.717) is 0 Å². The minimum atomic E-state index is -3.02. The molecule has 4 rings (SSSR count). The summed E-state index contributed by atoms with van der Waals surface area (Å²) in [5, 5.41) is 0. The van der Waals surface area contributed by atoms with Gasteiger partial charge in [-0.1, -0.05) is 24.3 Å². The van der Waals surface area contributed by atoms with Gasteiger partial charge in [-0.2, -0.15) is 8.78 Å². The average Bonchev–Trinajstić information content (AvgIpc) is 3.13. The van der Waals surface area contributed by atoms with Crippen molar-refractivity contribution in [1.82, 2.24) is 0 Å². The second-order valence-corrected chi connectivity index (χ2v) is 6.94. The van der Waals surface area contributed by atoms with Crippen molar-refractivity contribution >= 4 is 17.8 Å². The number of hydrogen-bond donors (Lipinski definition) is 0. The number of carbonyl (C=O) groups excluding carboxylic acids is 2. The zero-order valence-electron chi connectivity index (χ0n) is 18.0. The van der Waals surface area contributed by atoms with Crippen molar-refractivity contribution in [3.05, 3.63) is 83.1 Å². The van der Waals surface area contributed by atoms with Gasteiger partial charge in [0.1, 0.15) is 34.3 Å². The van der Waals surface area contributed by atoms with Gasteiger partial charge in [0.25, 0.3) is 0 Å². The lowest BCUT2D eigenvalue weighted by molar-refractivity contribution is -0.0500. The summed E-state index contributed by atoms with van der Waals surface area (Å²) < 4.78 is 51.4. The molecule has 0 fully saturated rings. The van der Waals surface area contributed by atoms with Crippen LogP contribution in [0.1, 0.15) is 26.3 Å². The van der Waals surface area contributed by atoms with Crippen LogP contribution in [0.25, 0.3) is 6.08 Å². The van der Waals surface area contributed by atoms with Crippen LogP contribution in [0.4, 0.5) is 8.78 Å². The van der Waals surface area contributed by atoms with Gasteiger partial charge in [0.05, 0.1) is 19.8 Å². The Bertz CT molecular complexity index is 1260. The van der Waals surface area contributed by atoms with E-state index in [9.17, 15) is 18.4 Å². The van der Waals surface area contributed by atoms with Crippen molar-refractivity contribution in [3.8, 4) is 28.7 Å². The van der Waals surface area contributed by atoms with Crippen LogP contribution in [-0.2, 0) is 0 Å². The van der Waals surface area contributed by atoms with E-state index in [1.54, 1.807) is 24.3 Å². The standard InChI is InChI=1S/C25H18F2O7/c1-30-18-8-5-9-19(31-2)22(18)24(29)32-15-10-11-16-20(13-15)33-21(23(16)28)12-14-6-3-4-7-17(14)34-25(26)27/h3-13,25H,1-2H3/b21-12-. The Kier molecular flexibility index (Phi) is 6.44. The Balaban J connectivity index is 1.59. The van der Waals surface area contributed by atoms with E-state index in [1.807, 2.05) is 0 Å². The first-order valence-corrected chi connectivity index (χ1v) is 9.96. The number of benzene rings is 3. The number of carbonyl (C=O) groups is 2. The second kappa shape index (κ2) is 9.62. The topological polar surface area (TPSA) is 80.3 Å². The largest absolute Gasteiger partial charge is 0.496 e. The molecule has 0 amide bonds. The first kappa shape index (κ1) is 22.8. The molecular weight excluding hydrogens is 450 g/mol. The molecule has 7 nitrogen and oxygen atoms in total. The maximum absolute atomic E-state index is 12.8. The van der Waals surface area contributed by atoms with Crippen molar-refractivity contribution in [2.75, 3.05) is 14.2 Å². The summed E-state index contributed by atoms with van der Waals surface area (Å²) in [6.45, 7) is -3.02. The SMILES string of the molecule is COc1cccc(OC)c1C(=O)Oc1ccc2c(c1)O/C(=C\c1ccccc1OC(F)F)C2=O. The highest BCUT2D eigenvalue weighted by Gasteiger charge is 2.29. The highest BCUT2D eigenvalue weighted by atomic mass is 19.3. The Hall–Kier alpha value is -4.40. The number of allylic oxidation sites excluding steroid dienone is 1. The van der Waals surface area contributed by atoms with Crippen LogP contribution < -0.4 is 23.7 Å². The van der Waals surface area contributed by atoms with Gasteiger partial charge in [0.15, 0.2) is 5.76 Å². The van der Waals surface area contributed by atoms with Gasteiger partial charge >= 0.3 is 12.6 Å². The molecule has 0 radical (unpaired) electrons. The molecule has 0 saturated heterocycles. The van der Waals surface area contributed by atoms with E-state index >= 15 is 0 Å². The molecule has 174 valence electrons. The first-order chi connectivity index (χ1) is 16.4. The van der Waals surface area contributed by atoms with Crippen LogP contribution in [0, 0.1) is 0 Å². The normalized spacial score (nSPS) is 13.4. The highest BCUT2D eigenvalue weighted by molar-refractivity contribution is 6.14. The van der Waals surface area contributed by atoms with Crippen LogP contribution in [0.15, 0.2) is 66.4 Å². The Morgan fingerprint density at radius 1 is 0.941 bits per heavy atom. The van der Waals surface area contributed by atoms with Gasteiger partial charge in [0.2, 0.25) is 5.78 Å². The summed E-state index contributed by atoms with van der Waals surface area (Å²) in [6.07, 6.45) is 1.31.